The van der Waals surface area contributed by atoms with E-state index in [0.29, 0.717) is 5.02 Å². The van der Waals surface area contributed by atoms with Crippen LogP contribution in [0.5, 0.6) is 0 Å². The van der Waals surface area contributed by atoms with Crippen LogP contribution in [0.1, 0.15) is 5.56 Å². The summed E-state index contributed by atoms with van der Waals surface area (Å²) in [5.74, 6) is -4.62. The Hall–Kier alpha value is -1.21. The average molecular weight is 350 g/mol. The largest absolute Gasteiger partial charge is 0.349 e. The Kier molecular flexibility index (Phi) is 3.68. The van der Waals surface area contributed by atoms with Crippen LogP contribution in [0, 0.1) is 11.8 Å². The maximum Gasteiger partial charge on any atom is 0.349 e. The predicted molar refractivity (Wildman–Crippen MR) is 77.6 cm³/mol. The molecule has 3 rings (SSSR count). The fourth-order valence-corrected chi connectivity index (χ4v) is 4.71. The van der Waals surface area contributed by atoms with E-state index in [1.807, 2.05) is 0 Å². The Labute approximate surface area is 132 Å². The maximum atomic E-state index is 14.2. The minimum Gasteiger partial charge on any atom is -0.336 e. The summed E-state index contributed by atoms with van der Waals surface area (Å²) in [4.78, 5) is 13.0. The molecule has 2 aliphatic rings. The molecular weight excluding hydrogens is 336 g/mol. The van der Waals surface area contributed by atoms with E-state index < -0.39 is 27.2 Å². The highest BCUT2D eigenvalue weighted by Crippen LogP contribution is 2.37. The summed E-state index contributed by atoms with van der Waals surface area (Å²) >= 11 is 5.65. The van der Waals surface area contributed by atoms with Gasteiger partial charge in [0, 0.05) is 23.7 Å². The lowest BCUT2D eigenvalue weighted by Crippen LogP contribution is -2.60. The van der Waals surface area contributed by atoms with Gasteiger partial charge in [-0.1, -0.05) is 23.7 Å². The molecule has 2 aliphatic heterocycles. The molecule has 4 nitrogen and oxygen atoms in total. The molecule has 0 radical (unpaired) electrons. The zero-order valence-corrected chi connectivity index (χ0v) is 13.1. The number of likely N-dealkylation sites (tertiary alicyclic amines) is 1. The van der Waals surface area contributed by atoms with Gasteiger partial charge in [0.1, 0.15) is 0 Å². The van der Waals surface area contributed by atoms with E-state index in [2.05, 4.69) is 0 Å². The van der Waals surface area contributed by atoms with Gasteiger partial charge in [0.05, 0.1) is 11.5 Å². The minimum atomic E-state index is -3.60. The second kappa shape index (κ2) is 5.16. The van der Waals surface area contributed by atoms with Crippen molar-refractivity contribution in [2.24, 2.45) is 11.8 Å². The summed E-state index contributed by atoms with van der Waals surface area (Å²) < 4.78 is 50.6. The number of hydrogen-bond donors (Lipinski definition) is 0. The van der Waals surface area contributed by atoms with Crippen molar-refractivity contribution in [3.05, 3.63) is 34.9 Å². The molecule has 0 N–H and O–H groups in total. The van der Waals surface area contributed by atoms with Crippen molar-refractivity contribution in [3.8, 4) is 0 Å². The van der Waals surface area contributed by atoms with Gasteiger partial charge in [-0.05, 0) is 24.0 Å². The monoisotopic (exact) mass is 349 g/mol. The smallest absolute Gasteiger partial charge is 0.336 e. The van der Waals surface area contributed by atoms with Gasteiger partial charge in [-0.15, -0.1) is 0 Å². The van der Waals surface area contributed by atoms with Crippen molar-refractivity contribution in [1.29, 1.82) is 0 Å². The second-order valence-electron chi connectivity index (χ2n) is 5.89. The Morgan fingerprint density at radius 3 is 2.18 bits per heavy atom. The molecule has 0 aliphatic carbocycles. The fraction of sp³-hybridized carbons (Fsp3) is 0.500. The van der Waals surface area contributed by atoms with Gasteiger partial charge in [0.25, 0.3) is 5.91 Å². The number of amides is 1. The van der Waals surface area contributed by atoms with Crippen molar-refractivity contribution in [1.82, 2.24) is 4.90 Å². The summed E-state index contributed by atoms with van der Waals surface area (Å²) in [6.45, 7) is 0.393. The summed E-state index contributed by atoms with van der Waals surface area (Å²) in [6, 6.07) is 4.90. The first-order chi connectivity index (χ1) is 10.2. The molecule has 0 unspecified atom stereocenters. The van der Waals surface area contributed by atoms with Gasteiger partial charge in [-0.25, -0.2) is 8.42 Å². The second-order valence-corrected chi connectivity index (χ2v) is 8.48. The maximum absolute atomic E-state index is 14.2. The van der Waals surface area contributed by atoms with E-state index in [9.17, 15) is 22.0 Å². The Morgan fingerprint density at radius 1 is 1.14 bits per heavy atom. The van der Waals surface area contributed by atoms with Crippen LogP contribution in [0.15, 0.2) is 24.3 Å². The van der Waals surface area contributed by atoms with E-state index in [0.717, 1.165) is 17.0 Å². The number of sulfone groups is 1. The van der Waals surface area contributed by atoms with Crippen LogP contribution in [0.4, 0.5) is 8.78 Å². The number of alkyl halides is 2. The van der Waals surface area contributed by atoms with Crippen LogP contribution >= 0.6 is 11.6 Å². The molecule has 8 heteroatoms. The molecule has 0 bridgehead atoms. The minimum absolute atomic E-state index is 0.00166. The molecule has 0 aromatic heterocycles. The van der Waals surface area contributed by atoms with Crippen LogP contribution in [0.3, 0.4) is 0 Å². The quantitative estimate of drug-likeness (QED) is 0.838. The lowest BCUT2D eigenvalue weighted by atomic mass is 9.87. The first-order valence-electron chi connectivity index (χ1n) is 6.83. The molecule has 0 spiro atoms. The number of halogens is 3. The highest BCUT2D eigenvalue weighted by atomic mass is 35.5. The number of nitrogens with zero attached hydrogens (tertiary/aromatic N) is 1. The third-order valence-electron chi connectivity index (χ3n) is 4.28. The highest BCUT2D eigenvalue weighted by Gasteiger charge is 2.51. The number of rotatable bonds is 3. The fourth-order valence-electron chi connectivity index (χ4n) is 2.83. The molecule has 1 aromatic carbocycles. The molecule has 2 fully saturated rings. The van der Waals surface area contributed by atoms with Gasteiger partial charge >= 0.3 is 5.92 Å². The lowest BCUT2D eigenvalue weighted by molar-refractivity contribution is -0.166. The molecule has 0 atom stereocenters. The average Bonchev–Trinajstić information content (AvgIpc) is 2.35. The van der Waals surface area contributed by atoms with E-state index in [-0.39, 0.29) is 36.4 Å². The predicted octanol–water partition coefficient (Wildman–Crippen LogP) is 1.93. The van der Waals surface area contributed by atoms with Gasteiger partial charge in [-0.3, -0.25) is 4.79 Å². The molecule has 22 heavy (non-hydrogen) atoms. The summed E-state index contributed by atoms with van der Waals surface area (Å²) in [5.41, 5.74) is -0.392. The number of benzene rings is 1. The first-order valence-corrected chi connectivity index (χ1v) is 9.02. The van der Waals surface area contributed by atoms with E-state index in [4.69, 9.17) is 11.6 Å². The zero-order chi connectivity index (χ0) is 16.1. The van der Waals surface area contributed by atoms with Crippen molar-refractivity contribution in [2.45, 2.75) is 5.92 Å². The molecule has 1 amide bonds. The van der Waals surface area contributed by atoms with Crippen molar-refractivity contribution < 1.29 is 22.0 Å². The van der Waals surface area contributed by atoms with Gasteiger partial charge < -0.3 is 4.90 Å². The van der Waals surface area contributed by atoms with Crippen LogP contribution in [-0.4, -0.2) is 43.8 Å². The number of carbonyl (C=O) groups excluding carboxylic acids is 1. The first kappa shape index (κ1) is 15.7. The topological polar surface area (TPSA) is 54.5 Å². The highest BCUT2D eigenvalue weighted by molar-refractivity contribution is 7.92. The summed E-state index contributed by atoms with van der Waals surface area (Å²) in [6.07, 6.45) is 0. The standard InChI is InChI=1S/C14H14ClF2NO3S/c15-12-3-1-11(2-4-12)14(16,17)13(19)18-5-9(6-18)10-7-22(20,21)8-10/h1-4,9-10H,5-8H2. The molecule has 2 saturated heterocycles. The van der Waals surface area contributed by atoms with Gasteiger partial charge in [0.15, 0.2) is 9.84 Å². The van der Waals surface area contributed by atoms with Crippen LogP contribution < -0.4 is 0 Å². The van der Waals surface area contributed by atoms with Crippen LogP contribution in [0.25, 0.3) is 0 Å². The molecule has 120 valence electrons. The third kappa shape index (κ3) is 2.72. The van der Waals surface area contributed by atoms with E-state index in [1.165, 1.54) is 12.1 Å². The lowest BCUT2D eigenvalue weighted by Gasteiger charge is -2.46. The normalized spacial score (nSPS) is 22.0. The van der Waals surface area contributed by atoms with Crippen LogP contribution in [0.2, 0.25) is 5.02 Å². The molecule has 2 heterocycles. The zero-order valence-electron chi connectivity index (χ0n) is 11.5. The molecular formula is C14H14ClF2NO3S. The Morgan fingerprint density at radius 2 is 1.68 bits per heavy atom. The molecule has 1 aromatic rings. The van der Waals surface area contributed by atoms with Crippen LogP contribution in [-0.2, 0) is 20.6 Å². The number of carbonyl (C=O) groups is 1. The van der Waals surface area contributed by atoms with Gasteiger partial charge in [0.2, 0.25) is 0 Å². The molecule has 0 saturated carbocycles. The SMILES string of the molecule is O=C(N1CC(C2CS(=O)(=O)C2)C1)C(F)(F)c1ccc(Cl)cc1. The summed E-state index contributed by atoms with van der Waals surface area (Å²) in [5, 5.41) is 0.321. The van der Waals surface area contributed by atoms with Crippen molar-refractivity contribution in [2.75, 3.05) is 24.6 Å². The Bertz CT molecular complexity index is 687. The number of hydrogen-bond acceptors (Lipinski definition) is 3. The van der Waals surface area contributed by atoms with Crippen molar-refractivity contribution in [3.63, 3.8) is 0 Å². The summed E-state index contributed by atoms with van der Waals surface area (Å²) in [7, 11) is -2.93. The third-order valence-corrected chi connectivity index (χ3v) is 6.40. The van der Waals surface area contributed by atoms with E-state index in [1.54, 1.807) is 0 Å². The Balaban J connectivity index is 1.62. The van der Waals surface area contributed by atoms with Gasteiger partial charge in [-0.2, -0.15) is 8.78 Å². The van der Waals surface area contributed by atoms with Crippen molar-refractivity contribution >= 4 is 27.3 Å². The van der Waals surface area contributed by atoms with E-state index >= 15 is 0 Å².